The number of hydrogen-bond donors (Lipinski definition) is 1. The molecule has 3 aromatic rings. The summed E-state index contributed by atoms with van der Waals surface area (Å²) in [7, 11) is 0. The second-order valence-corrected chi connectivity index (χ2v) is 6.42. The van der Waals surface area contributed by atoms with Crippen LogP contribution in [0.15, 0.2) is 30.7 Å². The summed E-state index contributed by atoms with van der Waals surface area (Å²) in [5.41, 5.74) is 1.60. The molecule has 1 N–H and O–H groups in total. The predicted molar refractivity (Wildman–Crippen MR) is 97.9 cm³/mol. The molecule has 0 saturated carbocycles. The molecule has 1 aliphatic heterocycles. The molecule has 0 aromatic carbocycles. The molecule has 26 heavy (non-hydrogen) atoms. The predicted octanol–water partition coefficient (Wildman–Crippen LogP) is 1.89. The molecule has 3 aromatic heterocycles. The Bertz CT molecular complexity index is 957. The van der Waals surface area contributed by atoms with Crippen molar-refractivity contribution in [2.24, 2.45) is 5.92 Å². The Kier molecular flexibility index (Phi) is 4.35. The van der Waals surface area contributed by atoms with E-state index in [0.29, 0.717) is 23.1 Å². The Morgan fingerprint density at radius 1 is 1.38 bits per heavy atom. The Balaban J connectivity index is 1.47. The van der Waals surface area contributed by atoms with Gasteiger partial charge in [-0.15, -0.1) is 0 Å². The van der Waals surface area contributed by atoms with Gasteiger partial charge >= 0.3 is 0 Å². The summed E-state index contributed by atoms with van der Waals surface area (Å²) in [6.45, 7) is 4.76. The molecule has 1 saturated heterocycles. The van der Waals surface area contributed by atoms with E-state index in [9.17, 15) is 5.26 Å². The van der Waals surface area contributed by atoms with E-state index in [-0.39, 0.29) is 0 Å². The molecule has 0 bridgehead atoms. The molecular formula is C18H20N8. The zero-order chi connectivity index (χ0) is 17.9. The maximum atomic E-state index is 9.17. The topological polar surface area (TPSA) is 95.0 Å². The van der Waals surface area contributed by atoms with Crippen LogP contribution in [0, 0.1) is 17.2 Å². The molecule has 8 heteroatoms. The lowest BCUT2D eigenvalue weighted by Gasteiger charge is -2.20. The Morgan fingerprint density at radius 3 is 3.15 bits per heavy atom. The van der Waals surface area contributed by atoms with Gasteiger partial charge in [-0.1, -0.05) is 6.92 Å². The minimum absolute atomic E-state index is 0.473. The van der Waals surface area contributed by atoms with Crippen LogP contribution in [0.4, 0.5) is 11.6 Å². The van der Waals surface area contributed by atoms with Crippen LogP contribution >= 0.6 is 0 Å². The van der Waals surface area contributed by atoms with Gasteiger partial charge in [-0.2, -0.15) is 19.9 Å². The second kappa shape index (κ2) is 6.96. The number of aryl methyl sites for hydroxylation is 1. The highest BCUT2D eigenvalue weighted by Gasteiger charge is 2.25. The highest BCUT2D eigenvalue weighted by molar-refractivity contribution is 5.51. The molecule has 132 valence electrons. The fraction of sp³-hybridized carbons (Fsp3) is 0.389. The number of nitrogens with one attached hydrogen (secondary N) is 1. The first kappa shape index (κ1) is 16.3. The number of rotatable bonds is 5. The molecule has 1 atom stereocenters. The van der Waals surface area contributed by atoms with E-state index in [1.165, 1.54) is 0 Å². The molecule has 0 amide bonds. The molecule has 1 fully saturated rings. The maximum Gasteiger partial charge on any atom is 0.254 e. The van der Waals surface area contributed by atoms with Crippen LogP contribution in [-0.4, -0.2) is 44.2 Å². The second-order valence-electron chi connectivity index (χ2n) is 6.42. The van der Waals surface area contributed by atoms with Crippen molar-refractivity contribution < 1.29 is 0 Å². The van der Waals surface area contributed by atoms with Crippen LogP contribution in [0.2, 0.25) is 0 Å². The van der Waals surface area contributed by atoms with E-state index >= 15 is 0 Å². The van der Waals surface area contributed by atoms with E-state index in [0.717, 1.165) is 44.0 Å². The smallest absolute Gasteiger partial charge is 0.254 e. The maximum absolute atomic E-state index is 9.17. The van der Waals surface area contributed by atoms with Crippen molar-refractivity contribution in [2.45, 2.75) is 19.8 Å². The van der Waals surface area contributed by atoms with E-state index in [1.807, 2.05) is 4.52 Å². The number of fused-ring (bicyclic) bond motifs is 1. The van der Waals surface area contributed by atoms with Gasteiger partial charge in [-0.25, -0.2) is 9.97 Å². The molecule has 4 heterocycles. The van der Waals surface area contributed by atoms with E-state index in [4.69, 9.17) is 0 Å². The Hall–Kier alpha value is -3.21. The Morgan fingerprint density at radius 2 is 2.31 bits per heavy atom. The van der Waals surface area contributed by atoms with Crippen LogP contribution < -0.4 is 10.2 Å². The lowest BCUT2D eigenvalue weighted by Crippen LogP contribution is -2.25. The van der Waals surface area contributed by atoms with Gasteiger partial charge in [0.2, 0.25) is 0 Å². The third-order valence-corrected chi connectivity index (χ3v) is 4.74. The molecule has 0 aliphatic carbocycles. The fourth-order valence-electron chi connectivity index (χ4n) is 3.34. The zero-order valence-corrected chi connectivity index (χ0v) is 14.6. The molecule has 0 radical (unpaired) electrons. The van der Waals surface area contributed by atoms with Crippen LogP contribution in [0.3, 0.4) is 0 Å². The van der Waals surface area contributed by atoms with Crippen LogP contribution in [0.25, 0.3) is 5.78 Å². The van der Waals surface area contributed by atoms with Gasteiger partial charge in [0.15, 0.2) is 0 Å². The quantitative estimate of drug-likeness (QED) is 0.752. The third kappa shape index (κ3) is 3.04. The standard InChI is InChI=1S/C18H20N8/c1-2-15-8-16(26-18(24-15)22-12-23-26)25-7-5-13(11-25)10-21-17-14(9-19)4-3-6-20-17/h3-4,6,8,12-13H,2,5,7,10-11H2,1H3,(H,20,21)/t13-/m0/s1. The van der Waals surface area contributed by atoms with Crippen molar-refractivity contribution in [1.82, 2.24) is 24.6 Å². The SMILES string of the molecule is CCc1cc(N2CC[C@@H](CNc3ncccc3C#N)C2)n2ncnc2n1. The van der Waals surface area contributed by atoms with E-state index in [1.54, 1.807) is 24.7 Å². The van der Waals surface area contributed by atoms with Gasteiger partial charge in [0, 0.05) is 37.6 Å². The molecule has 1 aliphatic rings. The van der Waals surface area contributed by atoms with Crippen molar-refractivity contribution in [3.05, 3.63) is 42.0 Å². The first-order chi connectivity index (χ1) is 12.8. The van der Waals surface area contributed by atoms with Crippen LogP contribution in [-0.2, 0) is 6.42 Å². The minimum Gasteiger partial charge on any atom is -0.369 e. The van der Waals surface area contributed by atoms with Gasteiger partial charge < -0.3 is 10.2 Å². The minimum atomic E-state index is 0.473. The molecule has 4 rings (SSSR count). The van der Waals surface area contributed by atoms with Crippen molar-refractivity contribution in [3.8, 4) is 6.07 Å². The summed E-state index contributed by atoms with van der Waals surface area (Å²) in [6, 6.07) is 7.83. The molecule has 0 unspecified atom stereocenters. The fourth-order valence-corrected chi connectivity index (χ4v) is 3.34. The molecular weight excluding hydrogens is 328 g/mol. The highest BCUT2D eigenvalue weighted by atomic mass is 15.4. The summed E-state index contributed by atoms with van der Waals surface area (Å²) in [5.74, 6) is 2.82. The van der Waals surface area contributed by atoms with Gasteiger partial charge in [0.1, 0.15) is 24.0 Å². The summed E-state index contributed by atoms with van der Waals surface area (Å²) >= 11 is 0. The molecule has 8 nitrogen and oxygen atoms in total. The molecule has 0 spiro atoms. The van der Waals surface area contributed by atoms with Crippen molar-refractivity contribution >= 4 is 17.4 Å². The van der Waals surface area contributed by atoms with E-state index < -0.39 is 0 Å². The van der Waals surface area contributed by atoms with Crippen LogP contribution in [0.5, 0.6) is 0 Å². The Labute approximate surface area is 151 Å². The summed E-state index contributed by atoms with van der Waals surface area (Å²) in [4.78, 5) is 15.3. The van der Waals surface area contributed by atoms with Gasteiger partial charge in [0.25, 0.3) is 5.78 Å². The van der Waals surface area contributed by atoms with Crippen LogP contribution in [0.1, 0.15) is 24.6 Å². The van der Waals surface area contributed by atoms with Crippen molar-refractivity contribution in [1.29, 1.82) is 5.26 Å². The first-order valence-corrected chi connectivity index (χ1v) is 8.82. The lowest BCUT2D eigenvalue weighted by molar-refractivity contribution is 0.620. The normalized spacial score (nSPS) is 16.8. The number of anilines is 2. The highest BCUT2D eigenvalue weighted by Crippen LogP contribution is 2.25. The van der Waals surface area contributed by atoms with E-state index in [2.05, 4.69) is 49.3 Å². The third-order valence-electron chi connectivity index (χ3n) is 4.74. The van der Waals surface area contributed by atoms with Crippen molar-refractivity contribution in [2.75, 3.05) is 29.9 Å². The average molecular weight is 348 g/mol. The largest absolute Gasteiger partial charge is 0.369 e. The summed E-state index contributed by atoms with van der Waals surface area (Å²) < 4.78 is 1.81. The average Bonchev–Trinajstić information content (AvgIpc) is 3.35. The number of pyridine rings is 1. The lowest BCUT2D eigenvalue weighted by atomic mass is 10.1. The number of nitriles is 1. The van der Waals surface area contributed by atoms with Gasteiger partial charge in [-0.3, -0.25) is 0 Å². The van der Waals surface area contributed by atoms with Crippen molar-refractivity contribution in [3.63, 3.8) is 0 Å². The zero-order valence-electron chi connectivity index (χ0n) is 14.6. The monoisotopic (exact) mass is 348 g/mol. The number of aromatic nitrogens is 5. The summed E-state index contributed by atoms with van der Waals surface area (Å²) in [5, 5.41) is 16.8. The number of nitrogens with zero attached hydrogens (tertiary/aromatic N) is 7. The summed E-state index contributed by atoms with van der Waals surface area (Å²) in [6.07, 6.45) is 5.19. The van der Waals surface area contributed by atoms with Gasteiger partial charge in [-0.05, 0) is 30.9 Å². The van der Waals surface area contributed by atoms with Gasteiger partial charge in [0.05, 0.1) is 5.56 Å². The number of hydrogen-bond acceptors (Lipinski definition) is 7. The first-order valence-electron chi connectivity index (χ1n) is 8.82.